The Morgan fingerprint density at radius 1 is 1.21 bits per heavy atom. The predicted octanol–water partition coefficient (Wildman–Crippen LogP) is 2.53. The van der Waals surface area contributed by atoms with Gasteiger partial charge >= 0.3 is 0 Å². The van der Waals surface area contributed by atoms with Crippen molar-refractivity contribution in [2.75, 3.05) is 47.6 Å². The number of methoxy groups -OCH3 is 2. The third kappa shape index (κ3) is 6.66. The molecule has 0 aromatic heterocycles. The van der Waals surface area contributed by atoms with Gasteiger partial charge in [0.25, 0.3) is 0 Å². The van der Waals surface area contributed by atoms with Crippen LogP contribution in [0.1, 0.15) is 25.8 Å². The molecule has 0 bridgehead atoms. The van der Waals surface area contributed by atoms with Crippen LogP contribution in [0.5, 0.6) is 11.5 Å². The van der Waals surface area contributed by atoms with Crippen molar-refractivity contribution in [3.8, 4) is 11.5 Å². The topological polar surface area (TPSA) is 55.3 Å². The standard InChI is InChI=1S/C18H31N3O3/c1-6-19-18(20-11-8-12-24-7-2)21(3)14-15-9-10-16(22-4)13-17(15)23-5/h9-10,13H,6-8,11-12,14H2,1-5H3,(H,19,20). The van der Waals surface area contributed by atoms with Gasteiger partial charge in [0, 0.05) is 51.5 Å². The Morgan fingerprint density at radius 2 is 2.00 bits per heavy atom. The lowest BCUT2D eigenvalue weighted by Gasteiger charge is -2.23. The van der Waals surface area contributed by atoms with E-state index in [1.165, 1.54) is 0 Å². The van der Waals surface area contributed by atoms with Crippen LogP contribution >= 0.6 is 0 Å². The van der Waals surface area contributed by atoms with Crippen molar-refractivity contribution < 1.29 is 14.2 Å². The van der Waals surface area contributed by atoms with Gasteiger partial charge in [0.1, 0.15) is 11.5 Å². The molecule has 136 valence electrons. The van der Waals surface area contributed by atoms with Crippen LogP contribution in [0.3, 0.4) is 0 Å². The van der Waals surface area contributed by atoms with Gasteiger partial charge in [0.05, 0.1) is 14.2 Å². The average molecular weight is 337 g/mol. The molecule has 0 aliphatic rings. The van der Waals surface area contributed by atoms with Crippen molar-refractivity contribution in [1.82, 2.24) is 10.2 Å². The van der Waals surface area contributed by atoms with Gasteiger partial charge in [-0.1, -0.05) is 0 Å². The zero-order valence-electron chi connectivity index (χ0n) is 15.6. The lowest BCUT2D eigenvalue weighted by molar-refractivity contribution is 0.146. The van der Waals surface area contributed by atoms with E-state index >= 15 is 0 Å². The maximum atomic E-state index is 5.47. The Hall–Kier alpha value is -1.95. The van der Waals surface area contributed by atoms with Gasteiger partial charge in [-0.2, -0.15) is 0 Å². The molecule has 0 saturated heterocycles. The highest BCUT2D eigenvalue weighted by atomic mass is 16.5. The summed E-state index contributed by atoms with van der Waals surface area (Å²) in [6, 6.07) is 5.86. The van der Waals surface area contributed by atoms with E-state index in [9.17, 15) is 0 Å². The van der Waals surface area contributed by atoms with Crippen LogP contribution in [0.25, 0.3) is 0 Å². The summed E-state index contributed by atoms with van der Waals surface area (Å²) in [6.07, 6.45) is 0.919. The van der Waals surface area contributed by atoms with E-state index < -0.39 is 0 Å². The number of aliphatic imine (C=N–C) groups is 1. The van der Waals surface area contributed by atoms with Crippen molar-refractivity contribution in [2.45, 2.75) is 26.8 Å². The molecule has 1 aromatic carbocycles. The largest absolute Gasteiger partial charge is 0.497 e. The van der Waals surface area contributed by atoms with Gasteiger partial charge < -0.3 is 24.4 Å². The highest BCUT2D eigenvalue weighted by Gasteiger charge is 2.11. The number of ether oxygens (including phenoxy) is 3. The van der Waals surface area contributed by atoms with Crippen LogP contribution in [-0.2, 0) is 11.3 Å². The molecule has 0 amide bonds. The fourth-order valence-corrected chi connectivity index (χ4v) is 2.28. The van der Waals surface area contributed by atoms with E-state index in [0.717, 1.165) is 55.7 Å². The third-order valence-electron chi connectivity index (χ3n) is 3.51. The van der Waals surface area contributed by atoms with Gasteiger partial charge in [-0.05, 0) is 32.4 Å². The van der Waals surface area contributed by atoms with Gasteiger partial charge in [-0.15, -0.1) is 0 Å². The first-order valence-electron chi connectivity index (χ1n) is 8.44. The minimum Gasteiger partial charge on any atom is -0.497 e. The highest BCUT2D eigenvalue weighted by molar-refractivity contribution is 5.79. The maximum absolute atomic E-state index is 5.47. The van der Waals surface area contributed by atoms with Crippen LogP contribution in [0.15, 0.2) is 23.2 Å². The van der Waals surface area contributed by atoms with E-state index in [4.69, 9.17) is 14.2 Å². The fourth-order valence-electron chi connectivity index (χ4n) is 2.28. The lowest BCUT2D eigenvalue weighted by atomic mass is 10.2. The maximum Gasteiger partial charge on any atom is 0.193 e. The monoisotopic (exact) mass is 337 g/mol. The minimum absolute atomic E-state index is 0.699. The molecule has 0 aliphatic carbocycles. The van der Waals surface area contributed by atoms with E-state index in [2.05, 4.69) is 22.1 Å². The third-order valence-corrected chi connectivity index (χ3v) is 3.51. The number of guanidine groups is 1. The molecule has 0 atom stereocenters. The summed E-state index contributed by atoms with van der Waals surface area (Å²) >= 11 is 0. The number of benzene rings is 1. The smallest absolute Gasteiger partial charge is 0.193 e. The molecule has 0 unspecified atom stereocenters. The van der Waals surface area contributed by atoms with E-state index in [1.54, 1.807) is 14.2 Å². The molecular formula is C18H31N3O3. The number of rotatable bonds is 10. The summed E-state index contributed by atoms with van der Waals surface area (Å²) in [6.45, 7) is 7.84. The van der Waals surface area contributed by atoms with Crippen molar-refractivity contribution in [1.29, 1.82) is 0 Å². The summed E-state index contributed by atoms with van der Waals surface area (Å²) in [5.74, 6) is 2.48. The van der Waals surface area contributed by atoms with Gasteiger partial charge in [-0.25, -0.2) is 0 Å². The second-order valence-electron chi connectivity index (χ2n) is 5.32. The minimum atomic E-state index is 0.699. The first kappa shape index (κ1) is 20.1. The first-order valence-corrected chi connectivity index (χ1v) is 8.44. The summed E-state index contributed by atoms with van der Waals surface area (Å²) < 4.78 is 16.1. The SMILES string of the molecule is CCNC(=NCCCOCC)N(C)Cc1ccc(OC)cc1OC. The Morgan fingerprint density at radius 3 is 2.62 bits per heavy atom. The number of hydrogen-bond donors (Lipinski definition) is 1. The van der Waals surface area contributed by atoms with Crippen molar-refractivity contribution in [2.24, 2.45) is 4.99 Å². The van der Waals surface area contributed by atoms with Gasteiger partial charge in [0.2, 0.25) is 0 Å². The average Bonchev–Trinajstić information content (AvgIpc) is 2.60. The molecule has 0 radical (unpaired) electrons. The molecular weight excluding hydrogens is 306 g/mol. The van der Waals surface area contributed by atoms with Crippen LogP contribution in [0, 0.1) is 0 Å². The van der Waals surface area contributed by atoms with Crippen LogP contribution < -0.4 is 14.8 Å². The Kier molecular flexibility index (Phi) is 9.68. The molecule has 0 spiro atoms. The van der Waals surface area contributed by atoms with E-state index in [1.807, 2.05) is 32.2 Å². The summed E-state index contributed by atoms with van der Waals surface area (Å²) in [5.41, 5.74) is 1.08. The number of nitrogens with one attached hydrogen (secondary N) is 1. The lowest BCUT2D eigenvalue weighted by Crippen LogP contribution is -2.38. The molecule has 1 aromatic rings. The Balaban J connectivity index is 2.73. The normalized spacial score (nSPS) is 11.3. The zero-order valence-corrected chi connectivity index (χ0v) is 15.6. The molecule has 0 saturated carbocycles. The fraction of sp³-hybridized carbons (Fsp3) is 0.611. The molecule has 0 fully saturated rings. The quantitative estimate of drug-likeness (QED) is 0.404. The second kappa shape index (κ2) is 11.6. The Labute approximate surface area is 145 Å². The number of nitrogens with zero attached hydrogens (tertiary/aromatic N) is 2. The van der Waals surface area contributed by atoms with Gasteiger partial charge in [0.15, 0.2) is 5.96 Å². The molecule has 0 aliphatic heterocycles. The van der Waals surface area contributed by atoms with E-state index in [0.29, 0.717) is 6.54 Å². The highest BCUT2D eigenvalue weighted by Crippen LogP contribution is 2.25. The van der Waals surface area contributed by atoms with Crippen molar-refractivity contribution >= 4 is 5.96 Å². The van der Waals surface area contributed by atoms with Gasteiger partial charge in [-0.3, -0.25) is 4.99 Å². The summed E-state index contributed by atoms with van der Waals surface area (Å²) in [7, 11) is 5.35. The predicted molar refractivity (Wildman–Crippen MR) is 98.1 cm³/mol. The second-order valence-corrected chi connectivity index (χ2v) is 5.32. The Bertz CT molecular complexity index is 506. The molecule has 1 N–H and O–H groups in total. The summed E-state index contributed by atoms with van der Waals surface area (Å²) in [5, 5.41) is 3.32. The molecule has 0 heterocycles. The molecule has 6 heteroatoms. The first-order chi connectivity index (χ1) is 11.7. The summed E-state index contributed by atoms with van der Waals surface area (Å²) in [4.78, 5) is 6.75. The van der Waals surface area contributed by atoms with Crippen LogP contribution in [0.2, 0.25) is 0 Å². The van der Waals surface area contributed by atoms with Crippen molar-refractivity contribution in [3.05, 3.63) is 23.8 Å². The molecule has 6 nitrogen and oxygen atoms in total. The van der Waals surface area contributed by atoms with E-state index in [-0.39, 0.29) is 0 Å². The molecule has 24 heavy (non-hydrogen) atoms. The van der Waals surface area contributed by atoms with Crippen LogP contribution in [0.4, 0.5) is 0 Å². The molecule has 1 rings (SSSR count). The van der Waals surface area contributed by atoms with Crippen LogP contribution in [-0.4, -0.2) is 58.4 Å². The number of hydrogen-bond acceptors (Lipinski definition) is 4. The van der Waals surface area contributed by atoms with Crippen molar-refractivity contribution in [3.63, 3.8) is 0 Å². The zero-order chi connectivity index (χ0) is 17.8.